The summed E-state index contributed by atoms with van der Waals surface area (Å²) in [6.45, 7) is 9.22. The molecule has 1 fully saturated rings. The predicted molar refractivity (Wildman–Crippen MR) is 66.4 cm³/mol. The monoisotopic (exact) mass is 237 g/mol. The number of morpholine rings is 1. The number of nitrogens with zero attached hydrogens (tertiary/aromatic N) is 5. The van der Waals surface area contributed by atoms with E-state index in [1.54, 1.807) is 6.20 Å². The summed E-state index contributed by atoms with van der Waals surface area (Å²) in [5.41, 5.74) is 0. The van der Waals surface area contributed by atoms with Gasteiger partial charge in [-0.3, -0.25) is 0 Å². The summed E-state index contributed by atoms with van der Waals surface area (Å²) < 4.78 is 5.31. The van der Waals surface area contributed by atoms with E-state index in [9.17, 15) is 0 Å². The molecule has 6 heteroatoms. The summed E-state index contributed by atoms with van der Waals surface area (Å²) in [7, 11) is 0. The topological polar surface area (TPSA) is 54.4 Å². The van der Waals surface area contributed by atoms with Crippen LogP contribution in [0.2, 0.25) is 0 Å². The van der Waals surface area contributed by atoms with E-state index in [1.807, 2.05) is 0 Å². The Morgan fingerprint density at radius 1 is 1.29 bits per heavy atom. The van der Waals surface area contributed by atoms with Crippen molar-refractivity contribution in [1.29, 1.82) is 0 Å². The molecule has 2 heterocycles. The van der Waals surface area contributed by atoms with Crippen LogP contribution < -0.4 is 9.80 Å². The average molecular weight is 237 g/mol. The molecule has 0 aromatic carbocycles. The van der Waals surface area contributed by atoms with Gasteiger partial charge in [-0.1, -0.05) is 0 Å². The molecule has 1 aliphatic rings. The first kappa shape index (κ1) is 12.0. The van der Waals surface area contributed by atoms with Crippen LogP contribution in [-0.4, -0.2) is 54.6 Å². The SMILES string of the molecule is CCN(CC)c1cnnc(N2CCOCC2)n1. The summed E-state index contributed by atoms with van der Waals surface area (Å²) in [5.74, 6) is 1.60. The summed E-state index contributed by atoms with van der Waals surface area (Å²) >= 11 is 0. The summed E-state index contributed by atoms with van der Waals surface area (Å²) in [4.78, 5) is 8.84. The lowest BCUT2D eigenvalue weighted by atomic mass is 10.4. The molecule has 0 bridgehead atoms. The fourth-order valence-electron chi connectivity index (χ4n) is 1.88. The van der Waals surface area contributed by atoms with Crippen LogP contribution in [0.1, 0.15) is 13.8 Å². The molecule has 0 N–H and O–H groups in total. The summed E-state index contributed by atoms with van der Waals surface area (Å²) in [6, 6.07) is 0. The quantitative estimate of drug-likeness (QED) is 0.762. The Balaban J connectivity index is 2.15. The van der Waals surface area contributed by atoms with Crippen LogP contribution in [0.15, 0.2) is 6.20 Å². The minimum Gasteiger partial charge on any atom is -0.378 e. The number of hydrogen-bond donors (Lipinski definition) is 0. The third-order valence-electron chi connectivity index (χ3n) is 2.92. The maximum atomic E-state index is 5.31. The standard InChI is InChI=1S/C11H19N5O/c1-3-15(4-2)10-9-12-14-11(13-10)16-5-7-17-8-6-16/h9H,3-8H2,1-2H3. The average Bonchev–Trinajstić information content (AvgIpc) is 2.42. The van der Waals surface area contributed by atoms with Gasteiger partial charge in [0, 0.05) is 26.2 Å². The van der Waals surface area contributed by atoms with Gasteiger partial charge in [-0.05, 0) is 13.8 Å². The van der Waals surface area contributed by atoms with Crippen molar-refractivity contribution in [2.75, 3.05) is 49.2 Å². The molecule has 2 rings (SSSR count). The molecular weight excluding hydrogens is 218 g/mol. The van der Waals surface area contributed by atoms with Crippen molar-refractivity contribution in [1.82, 2.24) is 15.2 Å². The molecule has 0 aliphatic carbocycles. The summed E-state index contributed by atoms with van der Waals surface area (Å²) in [6.07, 6.45) is 1.72. The molecule has 0 unspecified atom stereocenters. The van der Waals surface area contributed by atoms with Crippen LogP contribution in [0.4, 0.5) is 11.8 Å². The van der Waals surface area contributed by atoms with Crippen LogP contribution in [0.3, 0.4) is 0 Å². The van der Waals surface area contributed by atoms with Crippen LogP contribution in [-0.2, 0) is 4.74 Å². The minimum absolute atomic E-state index is 0.706. The van der Waals surface area contributed by atoms with E-state index in [-0.39, 0.29) is 0 Å². The van der Waals surface area contributed by atoms with Gasteiger partial charge in [-0.25, -0.2) is 0 Å². The van der Waals surface area contributed by atoms with Crippen molar-refractivity contribution < 1.29 is 4.74 Å². The van der Waals surface area contributed by atoms with Crippen molar-refractivity contribution in [3.05, 3.63) is 6.20 Å². The highest BCUT2D eigenvalue weighted by atomic mass is 16.5. The van der Waals surface area contributed by atoms with Gasteiger partial charge < -0.3 is 14.5 Å². The first-order valence-corrected chi connectivity index (χ1v) is 6.12. The molecule has 0 amide bonds. The minimum atomic E-state index is 0.706. The van der Waals surface area contributed by atoms with Crippen molar-refractivity contribution in [2.45, 2.75) is 13.8 Å². The Bertz CT molecular complexity index is 349. The van der Waals surface area contributed by atoms with E-state index >= 15 is 0 Å². The number of hydrogen-bond acceptors (Lipinski definition) is 6. The van der Waals surface area contributed by atoms with Crippen LogP contribution in [0, 0.1) is 0 Å². The Morgan fingerprint density at radius 3 is 2.65 bits per heavy atom. The smallest absolute Gasteiger partial charge is 0.247 e. The number of aromatic nitrogens is 3. The van der Waals surface area contributed by atoms with Gasteiger partial charge >= 0.3 is 0 Å². The highest BCUT2D eigenvalue weighted by Gasteiger charge is 2.15. The van der Waals surface area contributed by atoms with Crippen LogP contribution in [0.25, 0.3) is 0 Å². The lowest BCUT2D eigenvalue weighted by molar-refractivity contribution is 0.122. The molecular formula is C11H19N5O. The van der Waals surface area contributed by atoms with Gasteiger partial charge in [0.15, 0.2) is 5.82 Å². The van der Waals surface area contributed by atoms with Crippen molar-refractivity contribution in [3.63, 3.8) is 0 Å². The van der Waals surface area contributed by atoms with E-state index in [1.165, 1.54) is 0 Å². The highest BCUT2D eigenvalue weighted by Crippen LogP contribution is 2.14. The van der Waals surface area contributed by atoms with Gasteiger partial charge in [0.25, 0.3) is 0 Å². The second-order valence-electron chi connectivity index (χ2n) is 3.89. The molecule has 0 saturated carbocycles. The van der Waals surface area contributed by atoms with E-state index in [4.69, 9.17) is 4.74 Å². The first-order valence-electron chi connectivity index (χ1n) is 6.12. The molecule has 17 heavy (non-hydrogen) atoms. The fourth-order valence-corrected chi connectivity index (χ4v) is 1.88. The van der Waals surface area contributed by atoms with Gasteiger partial charge in [0.1, 0.15) is 0 Å². The Hall–Kier alpha value is -1.43. The molecule has 1 aliphatic heterocycles. The third kappa shape index (κ3) is 2.82. The van der Waals surface area contributed by atoms with E-state index in [0.29, 0.717) is 5.95 Å². The Kier molecular flexibility index (Phi) is 4.08. The van der Waals surface area contributed by atoms with Gasteiger partial charge in [-0.2, -0.15) is 10.1 Å². The Morgan fingerprint density at radius 2 is 2.00 bits per heavy atom. The second-order valence-corrected chi connectivity index (χ2v) is 3.89. The van der Waals surface area contributed by atoms with E-state index in [2.05, 4.69) is 38.8 Å². The number of anilines is 2. The normalized spacial score (nSPS) is 16.0. The van der Waals surface area contributed by atoms with E-state index < -0.39 is 0 Å². The number of ether oxygens (including phenoxy) is 1. The third-order valence-corrected chi connectivity index (χ3v) is 2.92. The maximum Gasteiger partial charge on any atom is 0.247 e. The highest BCUT2D eigenvalue weighted by molar-refractivity contribution is 5.41. The molecule has 0 spiro atoms. The zero-order valence-corrected chi connectivity index (χ0v) is 10.5. The zero-order valence-electron chi connectivity index (χ0n) is 10.5. The Labute approximate surface area is 102 Å². The second kappa shape index (κ2) is 5.77. The van der Waals surface area contributed by atoms with Gasteiger partial charge in [0.2, 0.25) is 5.95 Å². The lowest BCUT2D eigenvalue weighted by Gasteiger charge is -2.27. The molecule has 1 aromatic heterocycles. The van der Waals surface area contributed by atoms with Gasteiger partial charge in [0.05, 0.1) is 19.4 Å². The van der Waals surface area contributed by atoms with E-state index in [0.717, 1.165) is 45.2 Å². The largest absolute Gasteiger partial charge is 0.378 e. The molecule has 1 saturated heterocycles. The van der Waals surface area contributed by atoms with Crippen molar-refractivity contribution >= 4 is 11.8 Å². The molecule has 94 valence electrons. The number of rotatable bonds is 4. The molecule has 6 nitrogen and oxygen atoms in total. The zero-order chi connectivity index (χ0) is 12.1. The summed E-state index contributed by atoms with van der Waals surface area (Å²) in [5, 5.41) is 8.14. The van der Waals surface area contributed by atoms with Gasteiger partial charge in [-0.15, -0.1) is 5.10 Å². The van der Waals surface area contributed by atoms with Crippen molar-refractivity contribution in [3.8, 4) is 0 Å². The molecule has 1 aromatic rings. The maximum absolute atomic E-state index is 5.31. The predicted octanol–water partition coefficient (Wildman–Crippen LogP) is 0.554. The lowest BCUT2D eigenvalue weighted by Crippen LogP contribution is -2.38. The molecule has 0 radical (unpaired) electrons. The molecule has 0 atom stereocenters. The first-order chi connectivity index (χ1) is 8.35. The van der Waals surface area contributed by atoms with Crippen LogP contribution in [0.5, 0.6) is 0 Å². The fraction of sp³-hybridized carbons (Fsp3) is 0.727. The van der Waals surface area contributed by atoms with Crippen molar-refractivity contribution in [2.24, 2.45) is 0 Å². The van der Waals surface area contributed by atoms with Crippen LogP contribution >= 0.6 is 0 Å².